The molecule has 0 radical (unpaired) electrons. The molecule has 0 aromatic rings. The molecule has 0 bridgehead atoms. The molecule has 1 heterocycles. The van der Waals surface area contributed by atoms with Crippen LogP contribution in [-0.4, -0.2) is 18.1 Å². The van der Waals surface area contributed by atoms with Crippen molar-refractivity contribution >= 4 is 5.97 Å². The summed E-state index contributed by atoms with van der Waals surface area (Å²) in [6.45, 7) is 4.62. The van der Waals surface area contributed by atoms with E-state index in [1.807, 2.05) is 0 Å². The Labute approximate surface area is 145 Å². The molecule has 3 heteroatoms. The molecule has 1 aliphatic heterocycles. The van der Waals surface area contributed by atoms with Gasteiger partial charge in [0.25, 0.3) is 0 Å². The third kappa shape index (κ3) is 1.70. The lowest BCUT2D eigenvalue weighted by atomic mass is 9.47. The molecule has 132 valence electrons. The number of fused-ring (bicyclic) bond motifs is 4. The van der Waals surface area contributed by atoms with Gasteiger partial charge in [-0.05, 0) is 81.5 Å². The van der Waals surface area contributed by atoms with Crippen molar-refractivity contribution in [1.82, 2.24) is 0 Å². The Balaban J connectivity index is 1.52. The zero-order valence-corrected chi connectivity index (χ0v) is 15.1. The summed E-state index contributed by atoms with van der Waals surface area (Å²) in [6, 6.07) is 0.359. The summed E-state index contributed by atoms with van der Waals surface area (Å²) < 4.78 is 5.74. The van der Waals surface area contributed by atoms with Crippen LogP contribution < -0.4 is 5.73 Å². The van der Waals surface area contributed by atoms with Gasteiger partial charge in [0.2, 0.25) is 0 Å². The zero-order valence-electron chi connectivity index (χ0n) is 15.1. The summed E-state index contributed by atoms with van der Waals surface area (Å²) in [6.07, 6.45) is 12.0. The Bertz CT molecular complexity index is 613. The first-order valence-corrected chi connectivity index (χ1v) is 10.1. The normalized spacial score (nSPS) is 55.8. The van der Waals surface area contributed by atoms with E-state index in [1.165, 1.54) is 32.1 Å². The number of nitrogens with two attached hydrogens (primary N) is 1. The first-order valence-electron chi connectivity index (χ1n) is 10.1. The molecule has 0 amide bonds. The van der Waals surface area contributed by atoms with Crippen LogP contribution in [0.3, 0.4) is 0 Å². The van der Waals surface area contributed by atoms with Crippen LogP contribution in [0.4, 0.5) is 0 Å². The topological polar surface area (TPSA) is 52.3 Å². The molecule has 0 aromatic carbocycles. The number of allylic oxidation sites excluding steroid dienone is 1. The van der Waals surface area contributed by atoms with Crippen molar-refractivity contribution in [3.05, 3.63) is 11.6 Å². The van der Waals surface area contributed by atoms with Crippen molar-refractivity contribution in [2.75, 3.05) is 0 Å². The second kappa shape index (κ2) is 4.87. The second-order valence-electron chi connectivity index (χ2n) is 9.64. The Hall–Kier alpha value is -0.830. The monoisotopic (exact) mass is 329 g/mol. The molecule has 5 rings (SSSR count). The van der Waals surface area contributed by atoms with E-state index >= 15 is 0 Å². The van der Waals surface area contributed by atoms with Crippen LogP contribution in [-0.2, 0) is 9.53 Å². The number of ether oxygens (including phenoxy) is 1. The first-order chi connectivity index (χ1) is 11.5. The highest BCUT2D eigenvalue weighted by Gasteiger charge is 2.68. The van der Waals surface area contributed by atoms with Crippen molar-refractivity contribution in [3.63, 3.8) is 0 Å². The molecule has 1 saturated heterocycles. The number of carbonyl (C=O) groups excluding carboxylic acids is 1. The van der Waals surface area contributed by atoms with Crippen molar-refractivity contribution in [2.24, 2.45) is 40.2 Å². The number of esters is 1. The van der Waals surface area contributed by atoms with Gasteiger partial charge in [-0.25, -0.2) is 0 Å². The SMILES string of the molecule is C[C@@H]1OC(=O)[C@]23CC[C@H]4[C@@H](CC=C5C[C@@H](N)CC[C@@]54C)[C@@H]2CC[C@H]13. The minimum absolute atomic E-state index is 0.132. The Morgan fingerprint density at radius 2 is 1.92 bits per heavy atom. The highest BCUT2D eigenvalue weighted by Crippen LogP contribution is 2.68. The van der Waals surface area contributed by atoms with E-state index in [-0.39, 0.29) is 17.5 Å². The molecule has 5 aliphatic rings. The molecule has 8 atom stereocenters. The van der Waals surface area contributed by atoms with E-state index in [4.69, 9.17) is 10.5 Å². The van der Waals surface area contributed by atoms with E-state index in [0.717, 1.165) is 25.2 Å². The summed E-state index contributed by atoms with van der Waals surface area (Å²) >= 11 is 0. The molecule has 0 unspecified atom stereocenters. The molecular weight excluding hydrogens is 298 g/mol. The summed E-state index contributed by atoms with van der Waals surface area (Å²) in [5, 5.41) is 0. The lowest BCUT2D eigenvalue weighted by molar-refractivity contribution is -0.156. The molecular formula is C21H31NO2. The van der Waals surface area contributed by atoms with Gasteiger partial charge in [0, 0.05) is 12.0 Å². The molecule has 1 spiro atoms. The van der Waals surface area contributed by atoms with Crippen LogP contribution >= 0.6 is 0 Å². The van der Waals surface area contributed by atoms with E-state index in [0.29, 0.717) is 29.2 Å². The predicted octanol–water partition coefficient (Wildman–Crippen LogP) is 3.82. The predicted molar refractivity (Wildman–Crippen MR) is 93.0 cm³/mol. The second-order valence-corrected chi connectivity index (χ2v) is 9.64. The van der Waals surface area contributed by atoms with Gasteiger partial charge in [-0.3, -0.25) is 4.79 Å². The van der Waals surface area contributed by atoms with Crippen molar-refractivity contribution < 1.29 is 9.53 Å². The maximum atomic E-state index is 12.8. The van der Waals surface area contributed by atoms with Gasteiger partial charge in [-0.1, -0.05) is 18.6 Å². The molecule has 2 N–H and O–H groups in total. The standard InChI is InChI=1S/C21H31NO2/c1-12-16-5-6-18-15-4-3-13-11-14(22)7-9-20(13,2)17(15)8-10-21(16,18)19(23)24-12/h3,12,14-18H,4-11,22H2,1-2H3/t12-,14-,15+,16+,17-,18-,20-,21-/m0/s1. The number of hydrogen-bond acceptors (Lipinski definition) is 3. The van der Waals surface area contributed by atoms with Crippen LogP contribution in [0.15, 0.2) is 11.6 Å². The quantitative estimate of drug-likeness (QED) is 0.543. The van der Waals surface area contributed by atoms with Crippen molar-refractivity contribution in [1.29, 1.82) is 0 Å². The summed E-state index contributed by atoms with van der Waals surface area (Å²) in [5.74, 6) is 2.62. The third-order valence-corrected chi connectivity index (χ3v) is 8.96. The fourth-order valence-corrected chi connectivity index (χ4v) is 7.83. The molecule has 24 heavy (non-hydrogen) atoms. The van der Waals surface area contributed by atoms with Crippen molar-refractivity contribution in [2.45, 2.75) is 77.4 Å². The fourth-order valence-electron chi connectivity index (χ4n) is 7.83. The minimum Gasteiger partial charge on any atom is -0.462 e. The molecule has 3 nitrogen and oxygen atoms in total. The summed E-state index contributed by atoms with van der Waals surface area (Å²) in [4.78, 5) is 12.8. The average molecular weight is 329 g/mol. The van der Waals surface area contributed by atoms with E-state index < -0.39 is 0 Å². The van der Waals surface area contributed by atoms with Gasteiger partial charge in [0.15, 0.2) is 0 Å². The minimum atomic E-state index is -0.132. The third-order valence-electron chi connectivity index (χ3n) is 8.96. The van der Waals surface area contributed by atoms with Gasteiger partial charge in [-0.2, -0.15) is 0 Å². The van der Waals surface area contributed by atoms with Gasteiger partial charge in [-0.15, -0.1) is 0 Å². The van der Waals surface area contributed by atoms with Gasteiger partial charge >= 0.3 is 5.97 Å². The first kappa shape index (κ1) is 15.4. The largest absolute Gasteiger partial charge is 0.462 e. The van der Waals surface area contributed by atoms with Crippen LogP contribution in [0.5, 0.6) is 0 Å². The Kier molecular flexibility index (Phi) is 3.13. The molecule has 3 saturated carbocycles. The van der Waals surface area contributed by atoms with Gasteiger partial charge < -0.3 is 10.5 Å². The van der Waals surface area contributed by atoms with Crippen LogP contribution in [0.2, 0.25) is 0 Å². The van der Waals surface area contributed by atoms with Crippen LogP contribution in [0.1, 0.15) is 65.2 Å². The molecule has 4 aliphatic carbocycles. The summed E-state index contributed by atoms with van der Waals surface area (Å²) in [5.41, 5.74) is 8.10. The molecule has 4 fully saturated rings. The van der Waals surface area contributed by atoms with Crippen LogP contribution in [0, 0.1) is 34.5 Å². The lowest BCUT2D eigenvalue weighted by Gasteiger charge is -2.57. The van der Waals surface area contributed by atoms with Gasteiger partial charge in [0.05, 0.1) is 5.41 Å². The van der Waals surface area contributed by atoms with Gasteiger partial charge in [0.1, 0.15) is 6.10 Å². The number of hydrogen-bond donors (Lipinski definition) is 1. The average Bonchev–Trinajstić information content (AvgIpc) is 3.05. The van der Waals surface area contributed by atoms with Crippen LogP contribution in [0.25, 0.3) is 0 Å². The zero-order chi connectivity index (χ0) is 16.7. The van der Waals surface area contributed by atoms with Crippen molar-refractivity contribution in [3.8, 4) is 0 Å². The number of carbonyl (C=O) groups is 1. The number of rotatable bonds is 0. The molecule has 0 aromatic heterocycles. The fraction of sp³-hybridized carbons (Fsp3) is 0.857. The smallest absolute Gasteiger partial charge is 0.313 e. The summed E-state index contributed by atoms with van der Waals surface area (Å²) in [7, 11) is 0. The van der Waals surface area contributed by atoms with E-state index in [1.54, 1.807) is 5.57 Å². The number of cyclic esters (lactones) is 1. The Morgan fingerprint density at radius 3 is 2.75 bits per heavy atom. The van der Waals surface area contributed by atoms with E-state index in [9.17, 15) is 4.79 Å². The Morgan fingerprint density at radius 1 is 1.12 bits per heavy atom. The van der Waals surface area contributed by atoms with E-state index in [2.05, 4.69) is 19.9 Å². The maximum absolute atomic E-state index is 12.8. The highest BCUT2D eigenvalue weighted by atomic mass is 16.6. The maximum Gasteiger partial charge on any atom is 0.313 e. The lowest BCUT2D eigenvalue weighted by Crippen LogP contribution is -2.53. The highest BCUT2D eigenvalue weighted by molar-refractivity contribution is 5.81.